The minimum Gasteiger partial charge on any atom is -0.377 e. The van der Waals surface area contributed by atoms with E-state index in [2.05, 4.69) is 39.3 Å². The van der Waals surface area contributed by atoms with Crippen molar-refractivity contribution in [3.05, 3.63) is 96.2 Å². The van der Waals surface area contributed by atoms with Crippen molar-refractivity contribution in [3.8, 4) is 0 Å². The maximum atomic E-state index is 13.2. The molecule has 1 saturated heterocycles. The molecular weight excluding hydrogens is 437 g/mol. The van der Waals surface area contributed by atoms with Gasteiger partial charge in [-0.1, -0.05) is 24.3 Å². The number of halogens is 3. The first-order valence-corrected chi connectivity index (χ1v) is 11.4. The molecular formula is C27H25F3N4. The monoisotopic (exact) mass is 462 g/mol. The number of nitrogens with zero attached hydrogens (tertiary/aromatic N) is 4. The molecule has 5 rings (SSSR count). The molecule has 1 unspecified atom stereocenters. The molecule has 2 aliphatic heterocycles. The third kappa shape index (κ3) is 4.42. The van der Waals surface area contributed by atoms with E-state index in [1.165, 1.54) is 17.7 Å². The van der Waals surface area contributed by atoms with Crippen LogP contribution in [0.25, 0.3) is 16.5 Å². The second-order valence-corrected chi connectivity index (χ2v) is 8.68. The summed E-state index contributed by atoms with van der Waals surface area (Å²) in [6.45, 7) is 4.46. The van der Waals surface area contributed by atoms with Gasteiger partial charge in [0.2, 0.25) is 0 Å². The Kier molecular flexibility index (Phi) is 5.86. The second-order valence-electron chi connectivity index (χ2n) is 8.68. The Balaban J connectivity index is 1.53. The lowest BCUT2D eigenvalue weighted by Gasteiger charge is -2.25. The number of fused-ring (bicyclic) bond motifs is 1. The maximum Gasteiger partial charge on any atom is 0.416 e. The molecule has 0 aliphatic carbocycles. The zero-order valence-corrected chi connectivity index (χ0v) is 18.8. The van der Waals surface area contributed by atoms with E-state index in [0.717, 1.165) is 47.6 Å². The van der Waals surface area contributed by atoms with Crippen molar-refractivity contribution >= 4 is 22.2 Å². The van der Waals surface area contributed by atoms with Gasteiger partial charge < -0.3 is 9.80 Å². The summed E-state index contributed by atoms with van der Waals surface area (Å²) in [6, 6.07) is 9.69. The van der Waals surface area contributed by atoms with Gasteiger partial charge in [0.25, 0.3) is 0 Å². The third-order valence-electron chi connectivity index (χ3n) is 6.39. The smallest absolute Gasteiger partial charge is 0.377 e. The van der Waals surface area contributed by atoms with Crippen molar-refractivity contribution in [1.82, 2.24) is 14.9 Å². The van der Waals surface area contributed by atoms with Crippen molar-refractivity contribution in [3.63, 3.8) is 0 Å². The predicted molar refractivity (Wildman–Crippen MR) is 129 cm³/mol. The number of alkyl halides is 3. The molecule has 0 bridgehead atoms. The van der Waals surface area contributed by atoms with Gasteiger partial charge in [-0.25, -0.2) is 9.97 Å². The Morgan fingerprint density at radius 2 is 2.03 bits per heavy atom. The number of hydrogen-bond acceptors (Lipinski definition) is 4. The Bertz CT molecular complexity index is 1290. The first kappa shape index (κ1) is 22.2. The molecule has 0 saturated carbocycles. The highest BCUT2D eigenvalue weighted by Crippen LogP contribution is 2.36. The molecule has 34 heavy (non-hydrogen) atoms. The molecule has 0 N–H and O–H groups in total. The zero-order valence-electron chi connectivity index (χ0n) is 18.8. The van der Waals surface area contributed by atoms with Gasteiger partial charge in [0.1, 0.15) is 6.33 Å². The quantitative estimate of drug-likeness (QED) is 0.450. The number of benzene rings is 2. The van der Waals surface area contributed by atoms with Crippen LogP contribution in [-0.4, -0.2) is 34.5 Å². The number of aromatic nitrogens is 2. The van der Waals surface area contributed by atoms with Gasteiger partial charge in [0, 0.05) is 49.0 Å². The predicted octanol–water partition coefficient (Wildman–Crippen LogP) is 6.39. The fourth-order valence-electron chi connectivity index (χ4n) is 4.77. The van der Waals surface area contributed by atoms with Gasteiger partial charge in [-0.2, -0.15) is 13.2 Å². The average Bonchev–Trinajstić information content (AvgIpc) is 3.32. The fraction of sp³-hybridized carbons (Fsp3) is 0.259. The molecule has 3 aromatic rings. The highest BCUT2D eigenvalue weighted by Gasteiger charge is 2.31. The Hall–Kier alpha value is -3.61. The minimum atomic E-state index is -4.37. The highest BCUT2D eigenvalue weighted by atomic mass is 19.4. The summed E-state index contributed by atoms with van der Waals surface area (Å²) in [5.74, 6) is 0.348. The second kappa shape index (κ2) is 8.97. The van der Waals surface area contributed by atoms with Crippen LogP contribution in [0.1, 0.15) is 36.0 Å². The Labute approximate surface area is 196 Å². The van der Waals surface area contributed by atoms with Gasteiger partial charge in [0.15, 0.2) is 0 Å². The standard InChI is InChI=1S/C27H25F3N4/c1-2-9-33-11-8-20(16-33)25-13-21(12-22-15-31-18-32-26(22)25)19-5-4-10-34(17-19)24-7-3-6-23(14-24)27(28,29)30/h2-7,9,12-15,17-18,20H,8,10-11,16H2,1H3. The van der Waals surface area contributed by atoms with Crippen LogP contribution in [0.4, 0.5) is 18.9 Å². The number of rotatable bonds is 4. The molecule has 7 heteroatoms. The molecule has 1 atom stereocenters. The SMILES string of the molecule is CC=CN1CCC(c2cc(C3=CN(c4cccc(C(F)(F)F)c4)CC=C3)cc3cncnc23)C1. The van der Waals surface area contributed by atoms with E-state index in [-0.39, 0.29) is 0 Å². The van der Waals surface area contributed by atoms with Crippen LogP contribution >= 0.6 is 0 Å². The summed E-state index contributed by atoms with van der Waals surface area (Å²) < 4.78 is 39.7. The largest absolute Gasteiger partial charge is 0.416 e. The van der Waals surface area contributed by atoms with Crippen molar-refractivity contribution in [2.45, 2.75) is 25.4 Å². The van der Waals surface area contributed by atoms with E-state index in [9.17, 15) is 13.2 Å². The number of allylic oxidation sites excluding steroid dienone is 3. The van der Waals surface area contributed by atoms with Crippen molar-refractivity contribution in [2.75, 3.05) is 24.5 Å². The molecule has 0 spiro atoms. The Morgan fingerprint density at radius 3 is 2.85 bits per heavy atom. The van der Waals surface area contributed by atoms with Gasteiger partial charge in [0.05, 0.1) is 11.1 Å². The first-order chi connectivity index (χ1) is 16.4. The fourth-order valence-corrected chi connectivity index (χ4v) is 4.77. The van der Waals surface area contributed by atoms with Crippen LogP contribution in [0.15, 0.2) is 79.6 Å². The summed E-state index contributed by atoms with van der Waals surface area (Å²) in [5.41, 5.74) is 3.97. The summed E-state index contributed by atoms with van der Waals surface area (Å²) in [6.07, 6.45) is 10.2. The van der Waals surface area contributed by atoms with E-state index in [1.807, 2.05) is 36.4 Å². The molecule has 0 amide bonds. The van der Waals surface area contributed by atoms with Gasteiger partial charge in [-0.05, 0) is 66.6 Å². The van der Waals surface area contributed by atoms with E-state index in [1.54, 1.807) is 12.4 Å². The van der Waals surface area contributed by atoms with Crippen LogP contribution in [0.5, 0.6) is 0 Å². The van der Waals surface area contributed by atoms with E-state index < -0.39 is 11.7 Å². The summed E-state index contributed by atoms with van der Waals surface area (Å²) >= 11 is 0. The van der Waals surface area contributed by atoms with Crippen LogP contribution in [0, 0.1) is 0 Å². The van der Waals surface area contributed by atoms with Crippen LogP contribution in [-0.2, 0) is 6.18 Å². The van der Waals surface area contributed by atoms with Gasteiger partial charge in [-0.15, -0.1) is 0 Å². The number of likely N-dealkylation sites (tertiary alicyclic amines) is 1. The van der Waals surface area contributed by atoms with E-state index in [0.29, 0.717) is 18.2 Å². The normalized spacial score (nSPS) is 18.8. The lowest BCUT2D eigenvalue weighted by molar-refractivity contribution is -0.137. The molecule has 2 aromatic carbocycles. The number of anilines is 1. The lowest BCUT2D eigenvalue weighted by Crippen LogP contribution is -2.19. The minimum absolute atomic E-state index is 0.348. The topological polar surface area (TPSA) is 32.3 Å². The van der Waals surface area contributed by atoms with E-state index in [4.69, 9.17) is 0 Å². The summed E-state index contributed by atoms with van der Waals surface area (Å²) in [4.78, 5) is 13.0. The first-order valence-electron chi connectivity index (χ1n) is 11.4. The maximum absolute atomic E-state index is 13.2. The summed E-state index contributed by atoms with van der Waals surface area (Å²) in [7, 11) is 0. The molecule has 1 fully saturated rings. The molecule has 174 valence electrons. The summed E-state index contributed by atoms with van der Waals surface area (Å²) in [5, 5.41) is 0.963. The van der Waals surface area contributed by atoms with Crippen molar-refractivity contribution in [2.24, 2.45) is 0 Å². The highest BCUT2D eigenvalue weighted by molar-refractivity contribution is 5.89. The van der Waals surface area contributed by atoms with Crippen molar-refractivity contribution in [1.29, 1.82) is 0 Å². The van der Waals surface area contributed by atoms with Gasteiger partial charge >= 0.3 is 6.18 Å². The van der Waals surface area contributed by atoms with Crippen LogP contribution < -0.4 is 4.90 Å². The molecule has 1 aromatic heterocycles. The molecule has 3 heterocycles. The third-order valence-corrected chi connectivity index (χ3v) is 6.39. The van der Waals surface area contributed by atoms with E-state index >= 15 is 0 Å². The molecule has 2 aliphatic rings. The van der Waals surface area contributed by atoms with Gasteiger partial charge in [-0.3, -0.25) is 0 Å². The van der Waals surface area contributed by atoms with Crippen molar-refractivity contribution < 1.29 is 13.2 Å². The average molecular weight is 463 g/mol. The van der Waals surface area contributed by atoms with Crippen LogP contribution in [0.3, 0.4) is 0 Å². The zero-order chi connectivity index (χ0) is 23.7. The number of hydrogen-bond donors (Lipinski definition) is 0. The van der Waals surface area contributed by atoms with Crippen LogP contribution in [0.2, 0.25) is 0 Å². The Morgan fingerprint density at radius 1 is 1.15 bits per heavy atom. The lowest BCUT2D eigenvalue weighted by atomic mass is 9.91. The molecule has 0 radical (unpaired) electrons. The molecule has 4 nitrogen and oxygen atoms in total.